The lowest BCUT2D eigenvalue weighted by Gasteiger charge is -2.28. The van der Waals surface area contributed by atoms with Crippen molar-refractivity contribution >= 4 is 32.5 Å². The Labute approximate surface area is 216 Å². The first-order valence-electron chi connectivity index (χ1n) is 12.5. The van der Waals surface area contributed by atoms with Crippen LogP contribution in [0.3, 0.4) is 0 Å². The lowest BCUT2D eigenvalue weighted by Crippen LogP contribution is -2.40. The van der Waals surface area contributed by atoms with Gasteiger partial charge in [-0.05, 0) is 56.5 Å². The number of rotatable bonds is 7. The molecule has 0 bridgehead atoms. The highest BCUT2D eigenvalue weighted by molar-refractivity contribution is 7.92. The summed E-state index contributed by atoms with van der Waals surface area (Å²) in [6.45, 7) is 4.96. The number of aromatic hydroxyl groups is 1. The van der Waals surface area contributed by atoms with Crippen molar-refractivity contribution < 1.29 is 22.7 Å². The highest BCUT2D eigenvalue weighted by atomic mass is 32.2. The van der Waals surface area contributed by atoms with E-state index in [1.54, 1.807) is 24.3 Å². The summed E-state index contributed by atoms with van der Waals surface area (Å²) in [6, 6.07) is 9.90. The van der Waals surface area contributed by atoms with Crippen molar-refractivity contribution in [3.05, 3.63) is 65.1 Å². The van der Waals surface area contributed by atoms with Crippen molar-refractivity contribution in [2.45, 2.75) is 51.9 Å². The van der Waals surface area contributed by atoms with Gasteiger partial charge in [0.1, 0.15) is 11.3 Å². The Morgan fingerprint density at radius 1 is 1.14 bits per heavy atom. The minimum absolute atomic E-state index is 0.0622. The number of phenols is 1. The fourth-order valence-corrected chi connectivity index (χ4v) is 6.82. The molecule has 0 saturated carbocycles. The van der Waals surface area contributed by atoms with E-state index in [-0.39, 0.29) is 41.5 Å². The van der Waals surface area contributed by atoms with Gasteiger partial charge in [-0.3, -0.25) is 19.0 Å². The largest absolute Gasteiger partial charge is 0.505 e. The molecule has 0 aliphatic carbocycles. The van der Waals surface area contributed by atoms with E-state index in [0.717, 1.165) is 18.4 Å². The average molecular weight is 527 g/mol. The number of hydrogen-bond donors (Lipinski definition) is 1. The number of nitrogens with zero attached hydrogens (tertiary/aromatic N) is 4. The summed E-state index contributed by atoms with van der Waals surface area (Å²) in [5.74, 6) is -1.12. The van der Waals surface area contributed by atoms with Gasteiger partial charge < -0.3 is 10.0 Å². The van der Waals surface area contributed by atoms with Crippen LogP contribution in [0, 0.1) is 5.82 Å². The molecule has 2 aromatic carbocycles. The van der Waals surface area contributed by atoms with Gasteiger partial charge in [0.25, 0.3) is 5.91 Å². The number of aromatic nitrogens is 1. The molecule has 3 heterocycles. The smallest absolute Gasteiger partial charge is 0.258 e. The Balaban J connectivity index is 1.52. The Hall–Kier alpha value is -3.24. The molecule has 0 radical (unpaired) electrons. The first-order valence-corrected chi connectivity index (χ1v) is 14.1. The van der Waals surface area contributed by atoms with Gasteiger partial charge in [-0.25, -0.2) is 12.8 Å². The number of fused-ring (bicyclic) bond motifs is 2. The summed E-state index contributed by atoms with van der Waals surface area (Å²) in [4.78, 5) is 21.4. The van der Waals surface area contributed by atoms with Crippen molar-refractivity contribution in [2.75, 3.05) is 23.7 Å². The molecule has 2 aliphatic heterocycles. The van der Waals surface area contributed by atoms with Crippen molar-refractivity contribution in [2.24, 2.45) is 0 Å². The first-order chi connectivity index (χ1) is 17.6. The van der Waals surface area contributed by atoms with Crippen LogP contribution >= 0.6 is 0 Å². The van der Waals surface area contributed by atoms with Gasteiger partial charge in [0, 0.05) is 55.9 Å². The van der Waals surface area contributed by atoms with Gasteiger partial charge >= 0.3 is 0 Å². The fourth-order valence-electron chi connectivity index (χ4n) is 5.62. The number of pyridine rings is 1. The molecule has 1 amide bonds. The van der Waals surface area contributed by atoms with Gasteiger partial charge in [0.15, 0.2) is 5.75 Å². The topological polar surface area (TPSA) is 94.0 Å². The molecular weight excluding hydrogens is 495 g/mol. The average Bonchev–Trinajstić information content (AvgIpc) is 3.37. The molecule has 37 heavy (non-hydrogen) atoms. The molecule has 1 saturated heterocycles. The molecule has 2 atom stereocenters. The molecule has 2 unspecified atom stereocenters. The predicted molar refractivity (Wildman–Crippen MR) is 140 cm³/mol. The second-order valence-corrected chi connectivity index (χ2v) is 12.2. The molecule has 1 fully saturated rings. The zero-order valence-corrected chi connectivity index (χ0v) is 22.0. The van der Waals surface area contributed by atoms with Crippen LogP contribution in [-0.2, 0) is 23.1 Å². The third-order valence-electron chi connectivity index (χ3n) is 7.72. The second-order valence-electron chi connectivity index (χ2n) is 10.0. The van der Waals surface area contributed by atoms with Crippen LogP contribution in [0.15, 0.2) is 42.6 Å². The summed E-state index contributed by atoms with van der Waals surface area (Å²) in [6.07, 6.45) is 3.59. The standard InChI is InChI=1S/C27H31FN4O4S/c1-17-6-7-18(2)32(17)13-14-37(35,36)30(3)25-21-5-4-12-29-24(21)26(33)23-22(25)16-31(27(23)34)15-19-8-10-20(28)11-9-19/h4-5,8-12,17-18,33H,6-7,13-16H2,1-3H3. The summed E-state index contributed by atoms with van der Waals surface area (Å²) in [5.41, 5.74) is 1.76. The van der Waals surface area contributed by atoms with Crippen molar-refractivity contribution in [1.29, 1.82) is 0 Å². The second kappa shape index (κ2) is 9.57. The molecule has 3 aromatic rings. The van der Waals surface area contributed by atoms with Gasteiger partial charge in [0.2, 0.25) is 10.0 Å². The minimum Gasteiger partial charge on any atom is -0.505 e. The highest BCUT2D eigenvalue weighted by Gasteiger charge is 2.38. The Bertz CT molecular complexity index is 1450. The maximum Gasteiger partial charge on any atom is 0.258 e. The number of benzene rings is 2. The molecular formula is C27H31FN4O4S. The first kappa shape index (κ1) is 25.4. The molecule has 1 aromatic heterocycles. The summed E-state index contributed by atoms with van der Waals surface area (Å²) >= 11 is 0. The number of carbonyl (C=O) groups is 1. The predicted octanol–water partition coefficient (Wildman–Crippen LogP) is 3.87. The van der Waals surface area contributed by atoms with E-state index in [1.165, 1.54) is 34.6 Å². The van der Waals surface area contributed by atoms with Gasteiger partial charge in [-0.1, -0.05) is 12.1 Å². The number of anilines is 1. The molecule has 0 spiro atoms. The zero-order valence-electron chi connectivity index (χ0n) is 21.2. The Kier molecular flexibility index (Phi) is 6.57. The van der Waals surface area contributed by atoms with Gasteiger partial charge in [-0.15, -0.1) is 0 Å². The SMILES string of the molecule is CC1CCC(C)N1CCS(=O)(=O)N(C)c1c2c(c(O)c3ncccc13)C(=O)N(Cc1ccc(F)cc1)C2. The summed E-state index contributed by atoms with van der Waals surface area (Å²) in [5, 5.41) is 11.5. The van der Waals surface area contributed by atoms with Crippen LogP contribution < -0.4 is 4.31 Å². The van der Waals surface area contributed by atoms with E-state index in [2.05, 4.69) is 23.7 Å². The molecule has 2 aliphatic rings. The molecule has 8 nitrogen and oxygen atoms in total. The normalized spacial score (nSPS) is 20.1. The number of halogens is 1. The Morgan fingerprint density at radius 3 is 2.49 bits per heavy atom. The zero-order chi connectivity index (χ0) is 26.5. The number of hydrogen-bond acceptors (Lipinski definition) is 6. The Morgan fingerprint density at radius 2 is 1.81 bits per heavy atom. The number of phenolic OH excluding ortho intramolecular Hbond substituents is 1. The van der Waals surface area contributed by atoms with E-state index in [1.807, 2.05) is 0 Å². The van der Waals surface area contributed by atoms with Crippen LogP contribution in [-0.4, -0.2) is 65.6 Å². The minimum atomic E-state index is -3.76. The third kappa shape index (κ3) is 4.53. The summed E-state index contributed by atoms with van der Waals surface area (Å²) in [7, 11) is -2.26. The monoisotopic (exact) mass is 526 g/mol. The number of carbonyl (C=O) groups excluding carboxylic acids is 1. The number of amides is 1. The lowest BCUT2D eigenvalue weighted by molar-refractivity contribution is 0.0764. The van der Waals surface area contributed by atoms with E-state index < -0.39 is 15.9 Å². The van der Waals surface area contributed by atoms with Gasteiger partial charge in [-0.2, -0.15) is 0 Å². The van der Waals surface area contributed by atoms with Crippen molar-refractivity contribution in [3.8, 4) is 5.75 Å². The molecule has 196 valence electrons. The van der Waals surface area contributed by atoms with E-state index >= 15 is 0 Å². The van der Waals surface area contributed by atoms with Crippen LogP contribution in [0.4, 0.5) is 10.1 Å². The van der Waals surface area contributed by atoms with Crippen LogP contribution in [0.5, 0.6) is 5.75 Å². The molecule has 10 heteroatoms. The molecule has 1 N–H and O–H groups in total. The number of sulfonamides is 1. The fraction of sp³-hybridized carbons (Fsp3) is 0.407. The van der Waals surface area contributed by atoms with Crippen LogP contribution in [0.25, 0.3) is 10.9 Å². The quantitative estimate of drug-likeness (QED) is 0.502. The van der Waals surface area contributed by atoms with Crippen LogP contribution in [0.1, 0.15) is 48.2 Å². The van der Waals surface area contributed by atoms with E-state index in [0.29, 0.717) is 35.3 Å². The maximum atomic E-state index is 13.6. The summed E-state index contributed by atoms with van der Waals surface area (Å²) < 4.78 is 41.8. The van der Waals surface area contributed by atoms with Crippen molar-refractivity contribution in [3.63, 3.8) is 0 Å². The number of likely N-dealkylation sites (tertiary alicyclic amines) is 1. The van der Waals surface area contributed by atoms with E-state index in [9.17, 15) is 22.7 Å². The third-order valence-corrected chi connectivity index (χ3v) is 9.44. The van der Waals surface area contributed by atoms with Crippen molar-refractivity contribution in [1.82, 2.24) is 14.8 Å². The molecule has 5 rings (SSSR count). The van der Waals surface area contributed by atoms with Crippen LogP contribution in [0.2, 0.25) is 0 Å². The lowest BCUT2D eigenvalue weighted by atomic mass is 10.0. The van der Waals surface area contributed by atoms with Gasteiger partial charge in [0.05, 0.1) is 17.0 Å². The van der Waals surface area contributed by atoms with E-state index in [4.69, 9.17) is 0 Å². The highest BCUT2D eigenvalue weighted by Crippen LogP contribution is 2.44. The maximum absolute atomic E-state index is 13.6.